The zero-order chi connectivity index (χ0) is 14.1. The Bertz CT molecular complexity index is 471. The quantitative estimate of drug-likeness (QED) is 0.791. The molecule has 0 aliphatic carbocycles. The van der Waals surface area contributed by atoms with Crippen LogP contribution in [0.2, 0.25) is 0 Å². The maximum absolute atomic E-state index is 12.6. The number of methoxy groups -OCH3 is 1. The van der Waals surface area contributed by atoms with Gasteiger partial charge in [0.1, 0.15) is 5.75 Å². The molecule has 108 valence electrons. The molecule has 20 heavy (non-hydrogen) atoms. The fourth-order valence-electron chi connectivity index (χ4n) is 3.30. The van der Waals surface area contributed by atoms with Crippen LogP contribution in [0.4, 0.5) is 0 Å². The highest BCUT2D eigenvalue weighted by atomic mass is 16.5. The van der Waals surface area contributed by atoms with Crippen LogP contribution in [0, 0.1) is 5.92 Å². The molecule has 0 saturated carbocycles. The molecule has 0 spiro atoms. The van der Waals surface area contributed by atoms with E-state index in [1.165, 1.54) is 0 Å². The molecule has 0 amide bonds. The van der Waals surface area contributed by atoms with E-state index in [2.05, 4.69) is 11.9 Å². The molecule has 0 radical (unpaired) electrons. The van der Waals surface area contributed by atoms with Crippen molar-refractivity contribution in [2.45, 2.75) is 24.9 Å². The lowest BCUT2D eigenvalue weighted by Gasteiger charge is -2.46. The highest BCUT2D eigenvalue weighted by Gasteiger charge is 2.39. The van der Waals surface area contributed by atoms with Crippen LogP contribution >= 0.6 is 0 Å². The number of morpholine rings is 1. The van der Waals surface area contributed by atoms with Gasteiger partial charge in [0, 0.05) is 23.6 Å². The summed E-state index contributed by atoms with van der Waals surface area (Å²) >= 11 is 0. The molecule has 1 aromatic rings. The third kappa shape index (κ3) is 2.45. The van der Waals surface area contributed by atoms with Crippen LogP contribution in [0.5, 0.6) is 5.75 Å². The lowest BCUT2D eigenvalue weighted by atomic mass is 9.81. The van der Waals surface area contributed by atoms with Crippen molar-refractivity contribution in [3.63, 3.8) is 0 Å². The first-order valence-corrected chi connectivity index (χ1v) is 7.17. The highest BCUT2D eigenvalue weighted by Crippen LogP contribution is 2.32. The van der Waals surface area contributed by atoms with Crippen LogP contribution in [-0.4, -0.2) is 50.1 Å². The first kappa shape index (κ1) is 13.6. The Morgan fingerprint density at radius 3 is 2.35 bits per heavy atom. The van der Waals surface area contributed by atoms with Gasteiger partial charge in [0.2, 0.25) is 0 Å². The average molecular weight is 275 g/mol. The van der Waals surface area contributed by atoms with Crippen molar-refractivity contribution < 1.29 is 14.3 Å². The van der Waals surface area contributed by atoms with Gasteiger partial charge in [-0.05, 0) is 44.2 Å². The van der Waals surface area contributed by atoms with Gasteiger partial charge >= 0.3 is 0 Å². The smallest absolute Gasteiger partial charge is 0.166 e. The van der Waals surface area contributed by atoms with E-state index in [4.69, 9.17) is 9.47 Å². The molecule has 3 rings (SSSR count). The van der Waals surface area contributed by atoms with Crippen LogP contribution in [0.3, 0.4) is 0 Å². The Hall–Kier alpha value is -1.39. The van der Waals surface area contributed by atoms with Gasteiger partial charge in [0.05, 0.1) is 20.3 Å². The summed E-state index contributed by atoms with van der Waals surface area (Å²) < 4.78 is 10.7. The summed E-state index contributed by atoms with van der Waals surface area (Å²) in [5, 5.41) is 0. The van der Waals surface area contributed by atoms with E-state index in [-0.39, 0.29) is 11.7 Å². The number of ketones is 1. The van der Waals surface area contributed by atoms with Gasteiger partial charge in [-0.3, -0.25) is 9.69 Å². The van der Waals surface area contributed by atoms with Crippen molar-refractivity contribution in [1.82, 2.24) is 4.90 Å². The molecular weight excluding hydrogens is 254 g/mol. The van der Waals surface area contributed by atoms with Crippen LogP contribution in [0.25, 0.3) is 0 Å². The van der Waals surface area contributed by atoms with Gasteiger partial charge in [-0.25, -0.2) is 0 Å². The van der Waals surface area contributed by atoms with Crippen molar-refractivity contribution >= 4 is 5.78 Å². The second-order valence-electron chi connectivity index (χ2n) is 5.77. The number of carbonyl (C=O) groups is 1. The topological polar surface area (TPSA) is 38.8 Å². The van der Waals surface area contributed by atoms with E-state index in [9.17, 15) is 4.79 Å². The van der Waals surface area contributed by atoms with Crippen molar-refractivity contribution in [3.8, 4) is 5.75 Å². The minimum Gasteiger partial charge on any atom is -0.497 e. The van der Waals surface area contributed by atoms with Crippen molar-refractivity contribution in [3.05, 3.63) is 29.8 Å². The number of fused-ring (bicyclic) bond motifs is 2. The molecule has 2 atom stereocenters. The van der Waals surface area contributed by atoms with Crippen LogP contribution in [-0.2, 0) is 4.74 Å². The summed E-state index contributed by atoms with van der Waals surface area (Å²) in [5.74, 6) is 1.17. The number of rotatable bonds is 3. The summed E-state index contributed by atoms with van der Waals surface area (Å²) in [5.41, 5.74) is 0.791. The van der Waals surface area contributed by atoms with Crippen LogP contribution in [0.15, 0.2) is 24.3 Å². The molecule has 4 heteroatoms. The number of hydrogen-bond donors (Lipinski definition) is 0. The summed E-state index contributed by atoms with van der Waals surface area (Å²) in [6.07, 6.45) is 1.80. The van der Waals surface area contributed by atoms with Crippen LogP contribution in [0.1, 0.15) is 23.2 Å². The second-order valence-corrected chi connectivity index (χ2v) is 5.77. The number of benzene rings is 1. The summed E-state index contributed by atoms with van der Waals surface area (Å²) in [7, 11) is 3.78. The minimum atomic E-state index is 0.124. The van der Waals surface area contributed by atoms with E-state index in [1.807, 2.05) is 24.3 Å². The van der Waals surface area contributed by atoms with E-state index in [0.717, 1.165) is 37.4 Å². The molecule has 4 nitrogen and oxygen atoms in total. The number of Topliss-reactive ketones (excluding diaryl/α,β-unsaturated/α-hetero) is 1. The number of nitrogens with zero attached hydrogens (tertiary/aromatic N) is 1. The molecule has 2 aliphatic heterocycles. The van der Waals surface area contributed by atoms with Crippen molar-refractivity contribution in [1.29, 1.82) is 0 Å². The first-order valence-electron chi connectivity index (χ1n) is 7.17. The van der Waals surface area contributed by atoms with Gasteiger partial charge in [0.15, 0.2) is 5.78 Å². The van der Waals surface area contributed by atoms with Crippen LogP contribution < -0.4 is 4.74 Å². The Kier molecular flexibility index (Phi) is 3.76. The fourth-order valence-corrected chi connectivity index (χ4v) is 3.30. The number of hydrogen-bond acceptors (Lipinski definition) is 4. The summed E-state index contributed by atoms with van der Waals surface area (Å²) in [6, 6.07) is 8.21. The Balaban J connectivity index is 1.74. The number of likely N-dealkylation sites (N-methyl/N-ethyl adjacent to an activating group) is 1. The van der Waals surface area contributed by atoms with Gasteiger partial charge in [-0.15, -0.1) is 0 Å². The van der Waals surface area contributed by atoms with E-state index < -0.39 is 0 Å². The molecular formula is C16H21NO3. The van der Waals surface area contributed by atoms with Crippen molar-refractivity contribution in [2.75, 3.05) is 27.4 Å². The molecule has 1 aromatic carbocycles. The SMILES string of the molecule is COc1ccc(C(=O)C2CC3COCC(C2)N3C)cc1. The molecule has 2 aliphatic rings. The Labute approximate surface area is 119 Å². The Morgan fingerprint density at radius 2 is 1.80 bits per heavy atom. The third-order valence-electron chi connectivity index (χ3n) is 4.63. The minimum absolute atomic E-state index is 0.124. The second kappa shape index (κ2) is 5.54. The van der Waals surface area contributed by atoms with E-state index in [0.29, 0.717) is 12.1 Å². The monoisotopic (exact) mass is 275 g/mol. The Morgan fingerprint density at radius 1 is 1.20 bits per heavy atom. The molecule has 0 aromatic heterocycles. The zero-order valence-corrected chi connectivity index (χ0v) is 12.0. The maximum Gasteiger partial charge on any atom is 0.166 e. The van der Waals surface area contributed by atoms with Gasteiger partial charge in [-0.1, -0.05) is 0 Å². The number of piperidine rings is 1. The highest BCUT2D eigenvalue weighted by molar-refractivity contribution is 5.98. The molecule has 2 unspecified atom stereocenters. The molecule has 2 heterocycles. The predicted molar refractivity (Wildman–Crippen MR) is 76.2 cm³/mol. The molecule has 2 fully saturated rings. The number of carbonyl (C=O) groups excluding carboxylic acids is 1. The molecule has 2 bridgehead atoms. The number of ether oxygens (including phenoxy) is 2. The predicted octanol–water partition coefficient (Wildman–Crippen LogP) is 1.99. The molecule has 0 N–H and O–H groups in total. The third-order valence-corrected chi connectivity index (χ3v) is 4.63. The van der Waals surface area contributed by atoms with Gasteiger partial charge in [0.25, 0.3) is 0 Å². The van der Waals surface area contributed by atoms with Gasteiger partial charge in [-0.2, -0.15) is 0 Å². The maximum atomic E-state index is 12.6. The first-order chi connectivity index (χ1) is 9.69. The zero-order valence-electron chi connectivity index (χ0n) is 12.0. The van der Waals surface area contributed by atoms with E-state index in [1.54, 1.807) is 7.11 Å². The fraction of sp³-hybridized carbons (Fsp3) is 0.562. The normalized spacial score (nSPS) is 30.0. The summed E-state index contributed by atoms with van der Waals surface area (Å²) in [6.45, 7) is 1.50. The van der Waals surface area contributed by atoms with Crippen molar-refractivity contribution in [2.24, 2.45) is 5.92 Å². The largest absolute Gasteiger partial charge is 0.497 e. The lowest BCUT2D eigenvalue weighted by molar-refractivity contribution is -0.0702. The standard InChI is InChI=1S/C16H21NO3/c1-17-13-7-12(8-14(17)10-20-9-13)16(18)11-3-5-15(19-2)6-4-11/h3-6,12-14H,7-10H2,1-2H3. The molecule has 2 saturated heterocycles. The summed E-state index contributed by atoms with van der Waals surface area (Å²) in [4.78, 5) is 15.0. The lowest BCUT2D eigenvalue weighted by Crippen LogP contribution is -2.55. The van der Waals surface area contributed by atoms with E-state index >= 15 is 0 Å². The van der Waals surface area contributed by atoms with Gasteiger partial charge < -0.3 is 9.47 Å². The average Bonchev–Trinajstić information content (AvgIpc) is 2.46.